The van der Waals surface area contributed by atoms with Crippen LogP contribution in [0, 0.1) is 0 Å². The Labute approximate surface area is 164 Å². The molecule has 0 saturated carbocycles. The molecule has 2 rings (SSSR count). The van der Waals surface area contributed by atoms with Gasteiger partial charge in [0.1, 0.15) is 23.9 Å². The highest BCUT2D eigenvalue weighted by atomic mass is 28.4. The van der Waals surface area contributed by atoms with Crippen LogP contribution in [0.2, 0.25) is 18.1 Å². The van der Waals surface area contributed by atoms with E-state index in [0.29, 0.717) is 0 Å². The molecule has 1 saturated heterocycles. The number of aliphatic hydroxyl groups excluding tert-OH is 2. The zero-order valence-corrected chi connectivity index (χ0v) is 18.4. The largest absolute Gasteiger partial charge is 0.408 e. The molecule has 6 heteroatoms. The average Bonchev–Trinajstić information content (AvgIpc) is 2.99. The molecule has 1 aromatic rings. The van der Waals surface area contributed by atoms with Gasteiger partial charge in [0.25, 0.3) is 0 Å². The fraction of sp³-hybridized carbons (Fsp3) is 0.714. The third-order valence-electron chi connectivity index (χ3n) is 6.31. The zero-order chi connectivity index (χ0) is 20.1. The molecule has 0 radical (unpaired) electrons. The maximum Gasteiger partial charge on any atom is 0.192 e. The van der Waals surface area contributed by atoms with Crippen molar-refractivity contribution in [2.45, 2.75) is 82.3 Å². The van der Waals surface area contributed by atoms with Crippen molar-refractivity contribution in [2.24, 2.45) is 0 Å². The summed E-state index contributed by atoms with van der Waals surface area (Å²) in [5, 5.41) is 20.1. The van der Waals surface area contributed by atoms with Crippen molar-refractivity contribution in [3.63, 3.8) is 0 Å². The second-order valence-electron chi connectivity index (χ2n) is 7.64. The Morgan fingerprint density at radius 1 is 1.15 bits per heavy atom. The standard InChI is InChI=1S/C21H36O5Si/c1-6-27(7-2,8-3)26-19-18(16-12-10-9-11-13-16)25-21(4,20(19)24-5)17(23)14-15-22/h9-13,17-20,22-23H,6-8,14-15H2,1-5H3/t17-,18-,19+,20+,21-/m0/s1. The lowest BCUT2D eigenvalue weighted by molar-refractivity contribution is -0.151. The van der Waals surface area contributed by atoms with Gasteiger partial charge < -0.3 is 24.1 Å². The van der Waals surface area contributed by atoms with Crippen LogP contribution in [0.15, 0.2) is 30.3 Å². The normalized spacial score (nSPS) is 29.8. The lowest BCUT2D eigenvalue weighted by atomic mass is 9.88. The summed E-state index contributed by atoms with van der Waals surface area (Å²) in [4.78, 5) is 0. The third-order valence-corrected chi connectivity index (χ3v) is 10.9. The first-order chi connectivity index (χ1) is 12.9. The molecule has 1 heterocycles. The molecule has 1 aromatic carbocycles. The number of rotatable bonds is 10. The topological polar surface area (TPSA) is 68.2 Å². The lowest BCUT2D eigenvalue weighted by Crippen LogP contribution is -2.53. The van der Waals surface area contributed by atoms with Crippen LogP contribution in [-0.2, 0) is 13.9 Å². The Hall–Kier alpha value is -0.763. The summed E-state index contributed by atoms with van der Waals surface area (Å²) in [5.74, 6) is 0. The SMILES string of the molecule is CC[Si](CC)(CC)O[C@H]1[C@@H](OC)[C@](C)([C@@H](O)CCO)O[C@H]1c1ccccc1. The molecule has 0 amide bonds. The van der Waals surface area contributed by atoms with Gasteiger partial charge in [0.15, 0.2) is 8.32 Å². The third kappa shape index (κ3) is 4.47. The van der Waals surface area contributed by atoms with Crippen molar-refractivity contribution in [3.05, 3.63) is 35.9 Å². The molecule has 1 fully saturated rings. The summed E-state index contributed by atoms with van der Waals surface area (Å²) in [6, 6.07) is 13.1. The quantitative estimate of drug-likeness (QED) is 0.591. The number of hydrogen-bond donors (Lipinski definition) is 2. The van der Waals surface area contributed by atoms with Crippen LogP contribution in [-0.4, -0.2) is 56.2 Å². The first-order valence-corrected chi connectivity index (χ1v) is 12.7. The van der Waals surface area contributed by atoms with Gasteiger partial charge >= 0.3 is 0 Å². The van der Waals surface area contributed by atoms with Crippen LogP contribution < -0.4 is 0 Å². The van der Waals surface area contributed by atoms with Gasteiger partial charge in [0.05, 0.1) is 6.10 Å². The molecular formula is C21H36O5Si. The van der Waals surface area contributed by atoms with E-state index in [1.54, 1.807) is 7.11 Å². The second kappa shape index (κ2) is 9.63. The van der Waals surface area contributed by atoms with Crippen molar-refractivity contribution in [2.75, 3.05) is 13.7 Å². The van der Waals surface area contributed by atoms with Crippen LogP contribution in [0.4, 0.5) is 0 Å². The van der Waals surface area contributed by atoms with E-state index in [1.807, 2.05) is 37.3 Å². The monoisotopic (exact) mass is 396 g/mol. The van der Waals surface area contributed by atoms with Crippen LogP contribution in [0.3, 0.4) is 0 Å². The van der Waals surface area contributed by atoms with E-state index >= 15 is 0 Å². The molecule has 1 aliphatic rings. The number of ether oxygens (including phenoxy) is 2. The van der Waals surface area contributed by atoms with Gasteiger partial charge in [0.2, 0.25) is 0 Å². The molecule has 0 spiro atoms. The summed E-state index contributed by atoms with van der Waals surface area (Å²) in [7, 11) is -0.274. The predicted molar refractivity (Wildman–Crippen MR) is 109 cm³/mol. The van der Waals surface area contributed by atoms with Crippen LogP contribution in [0.5, 0.6) is 0 Å². The Morgan fingerprint density at radius 2 is 1.74 bits per heavy atom. The van der Waals surface area contributed by atoms with E-state index in [0.717, 1.165) is 23.7 Å². The highest BCUT2D eigenvalue weighted by molar-refractivity contribution is 6.73. The zero-order valence-electron chi connectivity index (χ0n) is 17.4. The van der Waals surface area contributed by atoms with E-state index in [-0.39, 0.29) is 25.2 Å². The van der Waals surface area contributed by atoms with Gasteiger partial charge in [-0.1, -0.05) is 51.1 Å². The maximum absolute atomic E-state index is 10.8. The number of benzene rings is 1. The number of methoxy groups -OCH3 is 1. The lowest BCUT2D eigenvalue weighted by Gasteiger charge is -2.38. The summed E-state index contributed by atoms with van der Waals surface area (Å²) in [6.07, 6.45) is -1.62. The molecule has 154 valence electrons. The molecule has 2 N–H and O–H groups in total. The molecule has 0 aliphatic carbocycles. The molecule has 1 aliphatic heterocycles. The van der Waals surface area contributed by atoms with Crippen molar-refractivity contribution in [1.29, 1.82) is 0 Å². The minimum absolute atomic E-state index is 0.102. The predicted octanol–water partition coefficient (Wildman–Crippen LogP) is 3.67. The Bertz CT molecular complexity index is 557. The van der Waals surface area contributed by atoms with E-state index in [2.05, 4.69) is 20.8 Å². The van der Waals surface area contributed by atoms with E-state index in [9.17, 15) is 10.2 Å². The first-order valence-electron chi connectivity index (χ1n) is 10.1. The first kappa shape index (κ1) is 22.5. The van der Waals surface area contributed by atoms with E-state index in [4.69, 9.17) is 13.9 Å². The Kier molecular flexibility index (Phi) is 8.03. The summed E-state index contributed by atoms with van der Waals surface area (Å²) >= 11 is 0. The smallest absolute Gasteiger partial charge is 0.192 e. The van der Waals surface area contributed by atoms with E-state index < -0.39 is 26.1 Å². The highest BCUT2D eigenvalue weighted by Crippen LogP contribution is 2.47. The van der Waals surface area contributed by atoms with E-state index in [1.165, 1.54) is 0 Å². The minimum atomic E-state index is -1.92. The maximum atomic E-state index is 10.8. The second-order valence-corrected chi connectivity index (χ2v) is 12.4. The van der Waals surface area contributed by atoms with Gasteiger partial charge in [-0.15, -0.1) is 0 Å². The van der Waals surface area contributed by atoms with Gasteiger partial charge in [0, 0.05) is 13.7 Å². The number of hydrogen-bond acceptors (Lipinski definition) is 5. The fourth-order valence-corrected chi connectivity index (χ4v) is 7.08. The van der Waals surface area contributed by atoms with Crippen molar-refractivity contribution < 1.29 is 24.1 Å². The molecule has 5 atom stereocenters. The molecule has 27 heavy (non-hydrogen) atoms. The van der Waals surface area contributed by atoms with Crippen molar-refractivity contribution in [3.8, 4) is 0 Å². The van der Waals surface area contributed by atoms with Crippen molar-refractivity contribution >= 4 is 8.32 Å². The molecular weight excluding hydrogens is 360 g/mol. The van der Waals surface area contributed by atoms with Gasteiger partial charge in [-0.25, -0.2) is 0 Å². The molecule has 5 nitrogen and oxygen atoms in total. The highest BCUT2D eigenvalue weighted by Gasteiger charge is 2.58. The Balaban J connectivity index is 2.46. The number of aliphatic hydroxyl groups is 2. The van der Waals surface area contributed by atoms with Crippen LogP contribution in [0.25, 0.3) is 0 Å². The van der Waals surface area contributed by atoms with Gasteiger partial charge in [-0.05, 0) is 37.0 Å². The minimum Gasteiger partial charge on any atom is -0.408 e. The van der Waals surface area contributed by atoms with Gasteiger partial charge in [-0.3, -0.25) is 0 Å². The molecule has 0 unspecified atom stereocenters. The summed E-state index contributed by atoms with van der Waals surface area (Å²) < 4.78 is 19.2. The van der Waals surface area contributed by atoms with Crippen LogP contribution >= 0.6 is 0 Å². The average molecular weight is 397 g/mol. The molecule has 0 bridgehead atoms. The summed E-state index contributed by atoms with van der Waals surface area (Å²) in [5.41, 5.74) is 0.0774. The summed E-state index contributed by atoms with van der Waals surface area (Å²) in [6.45, 7) is 8.38. The Morgan fingerprint density at radius 3 is 2.22 bits per heavy atom. The van der Waals surface area contributed by atoms with Crippen LogP contribution in [0.1, 0.15) is 45.8 Å². The van der Waals surface area contributed by atoms with Crippen molar-refractivity contribution in [1.82, 2.24) is 0 Å². The van der Waals surface area contributed by atoms with Gasteiger partial charge in [-0.2, -0.15) is 0 Å². The molecule has 0 aromatic heterocycles. The fourth-order valence-electron chi connectivity index (χ4n) is 4.25.